The highest BCUT2D eigenvalue weighted by atomic mass is 13.9. The third-order valence-electron chi connectivity index (χ3n) is 1.26. The average molecular weight is 118 g/mol. The Balaban J connectivity index is 2.61. The van der Waals surface area contributed by atoms with E-state index in [0.717, 1.165) is 6.42 Å². The molecule has 0 radical (unpaired) electrons. The molecular formula is C9H10. The zero-order valence-corrected chi connectivity index (χ0v) is 5.65. The first-order chi connectivity index (χ1) is 4.43. The first-order valence-corrected chi connectivity index (χ1v) is 3.30. The van der Waals surface area contributed by atoms with E-state index in [1.54, 1.807) is 0 Å². The van der Waals surface area contributed by atoms with Gasteiger partial charge in [-0.15, -0.1) is 0 Å². The lowest BCUT2D eigenvalue weighted by Gasteiger charge is -1.90. The lowest BCUT2D eigenvalue weighted by atomic mass is 10.1. The number of hydrogen-bond acceptors (Lipinski definition) is 0. The molecule has 0 unspecified atom stereocenters. The van der Waals surface area contributed by atoms with E-state index in [1.807, 2.05) is 12.1 Å². The van der Waals surface area contributed by atoms with E-state index in [2.05, 4.69) is 25.1 Å². The molecule has 0 saturated heterocycles. The summed E-state index contributed by atoms with van der Waals surface area (Å²) in [6, 6.07) is 11.8. The number of hydrogen-bond donors (Lipinski definition) is 0. The minimum atomic E-state index is 1.16. The summed E-state index contributed by atoms with van der Waals surface area (Å²) in [5, 5.41) is 0. The lowest BCUT2D eigenvalue weighted by Crippen LogP contribution is -1.77. The molecule has 0 aliphatic rings. The molecule has 0 bridgehead atoms. The zero-order valence-electron chi connectivity index (χ0n) is 5.65. The van der Waals surface area contributed by atoms with Crippen LogP contribution in [0.25, 0.3) is 0 Å². The molecule has 0 heteroatoms. The van der Waals surface area contributed by atoms with Crippen molar-refractivity contribution in [2.45, 2.75) is 19.8 Å². The largest absolute Gasteiger partial charge is 0.0702 e. The van der Waals surface area contributed by atoms with Crippen LogP contribution in [0.1, 0.15) is 18.9 Å². The molecule has 0 amide bonds. The predicted molar refractivity (Wildman–Crippen MR) is 38.1 cm³/mol. The van der Waals surface area contributed by atoms with Crippen LogP contribution in [0.2, 0.25) is 0 Å². The van der Waals surface area contributed by atoms with Crippen LogP contribution >= 0.6 is 0 Å². The van der Waals surface area contributed by atoms with E-state index in [-0.39, 0.29) is 0 Å². The zero-order chi connectivity index (χ0) is 6.53. The van der Waals surface area contributed by atoms with Gasteiger partial charge in [0.15, 0.2) is 0 Å². The molecule has 0 nitrogen and oxygen atoms in total. The molecule has 9 heavy (non-hydrogen) atoms. The molecule has 0 atom stereocenters. The first-order valence-electron chi connectivity index (χ1n) is 3.30. The van der Waals surface area contributed by atoms with Gasteiger partial charge in [0.2, 0.25) is 0 Å². The van der Waals surface area contributed by atoms with Crippen LogP contribution < -0.4 is 0 Å². The van der Waals surface area contributed by atoms with Crippen LogP contribution in [0, 0.1) is 12.1 Å². The second kappa shape index (κ2) is 3.14. The fraction of sp³-hybridized carbons (Fsp3) is 0.333. The first kappa shape index (κ1) is 6.16. The maximum absolute atomic E-state index is 2.92. The highest BCUT2D eigenvalue weighted by Gasteiger charge is 1.83. The van der Waals surface area contributed by atoms with Gasteiger partial charge in [-0.3, -0.25) is 0 Å². The molecule has 0 aliphatic carbocycles. The van der Waals surface area contributed by atoms with Crippen molar-refractivity contribution in [2.24, 2.45) is 0 Å². The number of aryl methyl sites for hydroxylation is 1. The molecule has 46 valence electrons. The van der Waals surface area contributed by atoms with Gasteiger partial charge in [-0.05, 0) is 24.1 Å². The quantitative estimate of drug-likeness (QED) is 0.558. The normalized spacial score (nSPS) is 8.56. The van der Waals surface area contributed by atoms with Crippen molar-refractivity contribution >= 4 is 0 Å². The van der Waals surface area contributed by atoms with Gasteiger partial charge in [0.1, 0.15) is 0 Å². The molecule has 0 spiro atoms. The summed E-state index contributed by atoms with van der Waals surface area (Å²) in [6.45, 7) is 2.18. The summed E-state index contributed by atoms with van der Waals surface area (Å²) in [5.41, 5.74) is 1.36. The summed E-state index contributed by atoms with van der Waals surface area (Å²) < 4.78 is 0. The SMILES string of the molecule is CCCc1cc#ccc1. The molecule has 0 aliphatic heterocycles. The molecule has 0 saturated carbocycles. The Bertz CT molecular complexity index is 153. The van der Waals surface area contributed by atoms with Crippen LogP contribution in [0.15, 0.2) is 18.2 Å². The minimum Gasteiger partial charge on any atom is -0.0702 e. The monoisotopic (exact) mass is 118 g/mol. The van der Waals surface area contributed by atoms with Crippen LogP contribution in [-0.2, 0) is 6.42 Å². The van der Waals surface area contributed by atoms with Crippen molar-refractivity contribution < 1.29 is 0 Å². The summed E-state index contributed by atoms with van der Waals surface area (Å²) in [5.74, 6) is 0. The average Bonchev–Trinajstić information content (AvgIpc) is 1.91. The fourth-order valence-electron chi connectivity index (χ4n) is 0.823. The molecule has 1 rings (SSSR count). The Kier molecular flexibility index (Phi) is 2.15. The standard InChI is InChI=1S/C9H10/c1-2-6-9-7-4-3-5-8-9/h4,7-8H,2,6H2,1H3. The van der Waals surface area contributed by atoms with Crippen LogP contribution in [-0.4, -0.2) is 0 Å². The molecule has 1 aromatic carbocycles. The Morgan fingerprint density at radius 3 is 2.89 bits per heavy atom. The molecule has 0 N–H and O–H groups in total. The van der Waals surface area contributed by atoms with Gasteiger partial charge in [-0.25, -0.2) is 0 Å². The minimum absolute atomic E-state index is 1.16. The van der Waals surface area contributed by atoms with Crippen LogP contribution in [0.5, 0.6) is 0 Å². The number of rotatable bonds is 2. The topological polar surface area (TPSA) is 0 Å². The van der Waals surface area contributed by atoms with Crippen molar-refractivity contribution in [1.82, 2.24) is 0 Å². The molecule has 0 heterocycles. The van der Waals surface area contributed by atoms with Crippen molar-refractivity contribution in [1.29, 1.82) is 0 Å². The van der Waals surface area contributed by atoms with E-state index in [4.69, 9.17) is 0 Å². The lowest BCUT2D eigenvalue weighted by molar-refractivity contribution is 0.922. The highest BCUT2D eigenvalue weighted by molar-refractivity contribution is 5.09. The second-order valence-electron chi connectivity index (χ2n) is 2.09. The summed E-state index contributed by atoms with van der Waals surface area (Å²) >= 11 is 0. The van der Waals surface area contributed by atoms with Crippen LogP contribution in [0.4, 0.5) is 0 Å². The van der Waals surface area contributed by atoms with E-state index in [1.165, 1.54) is 12.0 Å². The van der Waals surface area contributed by atoms with Gasteiger partial charge < -0.3 is 0 Å². The smallest absolute Gasteiger partial charge is 0.00830 e. The Labute approximate surface area is 56.5 Å². The molecule has 0 fully saturated rings. The summed E-state index contributed by atoms with van der Waals surface area (Å²) in [7, 11) is 0. The fourth-order valence-corrected chi connectivity index (χ4v) is 0.823. The third kappa shape index (κ3) is 1.77. The van der Waals surface area contributed by atoms with Crippen molar-refractivity contribution in [3.8, 4) is 0 Å². The van der Waals surface area contributed by atoms with Gasteiger partial charge in [-0.2, -0.15) is 0 Å². The maximum atomic E-state index is 2.92. The maximum Gasteiger partial charge on any atom is -0.00830 e. The van der Waals surface area contributed by atoms with E-state index >= 15 is 0 Å². The van der Waals surface area contributed by atoms with Crippen LogP contribution in [0.3, 0.4) is 0 Å². The van der Waals surface area contributed by atoms with E-state index < -0.39 is 0 Å². The van der Waals surface area contributed by atoms with E-state index in [9.17, 15) is 0 Å². The van der Waals surface area contributed by atoms with Gasteiger partial charge in [0.05, 0.1) is 0 Å². The Morgan fingerprint density at radius 1 is 1.44 bits per heavy atom. The predicted octanol–water partition coefficient (Wildman–Crippen LogP) is 2.24. The molecule has 0 aromatic heterocycles. The van der Waals surface area contributed by atoms with E-state index in [0.29, 0.717) is 0 Å². The van der Waals surface area contributed by atoms with Crippen molar-refractivity contribution in [2.75, 3.05) is 0 Å². The summed E-state index contributed by atoms with van der Waals surface area (Å²) in [6.07, 6.45) is 2.36. The molecule has 1 aromatic rings. The van der Waals surface area contributed by atoms with Gasteiger partial charge in [-0.1, -0.05) is 31.5 Å². The van der Waals surface area contributed by atoms with Gasteiger partial charge >= 0.3 is 0 Å². The molecular weight excluding hydrogens is 108 g/mol. The highest BCUT2D eigenvalue weighted by Crippen LogP contribution is 1.97. The summed E-state index contributed by atoms with van der Waals surface area (Å²) in [4.78, 5) is 0. The Hall–Kier alpha value is -0.960. The second-order valence-corrected chi connectivity index (χ2v) is 2.09. The third-order valence-corrected chi connectivity index (χ3v) is 1.26. The van der Waals surface area contributed by atoms with Gasteiger partial charge in [0, 0.05) is 0 Å². The Morgan fingerprint density at radius 2 is 2.33 bits per heavy atom. The van der Waals surface area contributed by atoms with Crippen molar-refractivity contribution in [3.05, 3.63) is 35.9 Å². The van der Waals surface area contributed by atoms with Crippen molar-refractivity contribution in [3.63, 3.8) is 0 Å². The van der Waals surface area contributed by atoms with Gasteiger partial charge in [0.25, 0.3) is 0 Å².